The Labute approximate surface area is 128 Å². The standard InChI is InChI=1S/C19H29NO/c1-6-8-16-17(12-20-11-7-2)21-19-15(13(3)4)10-9-14(5)18(16)19/h9-10,13,20H,6-8,11-12H2,1-5H3. The molecule has 2 aromatic rings. The molecule has 1 heterocycles. The molecule has 2 heteroatoms. The average Bonchev–Trinajstić information content (AvgIpc) is 2.79. The molecule has 21 heavy (non-hydrogen) atoms. The van der Waals surface area contributed by atoms with Crippen molar-refractivity contribution in [3.8, 4) is 0 Å². The van der Waals surface area contributed by atoms with Crippen LogP contribution in [0.3, 0.4) is 0 Å². The molecule has 0 aliphatic heterocycles. The highest BCUT2D eigenvalue weighted by Crippen LogP contribution is 2.35. The molecular weight excluding hydrogens is 258 g/mol. The molecule has 0 aliphatic rings. The van der Waals surface area contributed by atoms with Crippen LogP contribution >= 0.6 is 0 Å². The summed E-state index contributed by atoms with van der Waals surface area (Å²) in [6, 6.07) is 4.47. The SMILES string of the molecule is CCCNCc1oc2c(C(C)C)ccc(C)c2c1CCC. The molecule has 2 rings (SSSR count). The van der Waals surface area contributed by atoms with Crippen LogP contribution in [0.5, 0.6) is 0 Å². The molecule has 1 aromatic carbocycles. The molecule has 0 unspecified atom stereocenters. The van der Waals surface area contributed by atoms with E-state index in [-0.39, 0.29) is 0 Å². The third-order valence-corrected chi connectivity index (χ3v) is 4.09. The van der Waals surface area contributed by atoms with Crippen LogP contribution in [0.4, 0.5) is 0 Å². The quantitative estimate of drug-likeness (QED) is 0.697. The highest BCUT2D eigenvalue weighted by atomic mass is 16.3. The van der Waals surface area contributed by atoms with Gasteiger partial charge in [0.1, 0.15) is 11.3 Å². The molecule has 116 valence electrons. The fourth-order valence-corrected chi connectivity index (χ4v) is 3.00. The van der Waals surface area contributed by atoms with E-state index in [0.717, 1.165) is 43.7 Å². The van der Waals surface area contributed by atoms with Crippen molar-refractivity contribution in [3.05, 3.63) is 34.6 Å². The Morgan fingerprint density at radius 3 is 2.52 bits per heavy atom. The minimum absolute atomic E-state index is 0.491. The lowest BCUT2D eigenvalue weighted by Crippen LogP contribution is -2.14. The fraction of sp³-hybridized carbons (Fsp3) is 0.579. The molecule has 1 aromatic heterocycles. The van der Waals surface area contributed by atoms with E-state index >= 15 is 0 Å². The van der Waals surface area contributed by atoms with E-state index < -0.39 is 0 Å². The van der Waals surface area contributed by atoms with Crippen molar-refractivity contribution in [2.24, 2.45) is 0 Å². The molecule has 2 nitrogen and oxygen atoms in total. The smallest absolute Gasteiger partial charge is 0.138 e. The second-order valence-electron chi connectivity index (χ2n) is 6.26. The van der Waals surface area contributed by atoms with Gasteiger partial charge in [0.2, 0.25) is 0 Å². The lowest BCUT2D eigenvalue weighted by Gasteiger charge is -2.08. The topological polar surface area (TPSA) is 25.2 Å². The lowest BCUT2D eigenvalue weighted by atomic mass is 9.95. The van der Waals surface area contributed by atoms with Gasteiger partial charge >= 0.3 is 0 Å². The molecule has 0 radical (unpaired) electrons. The Hall–Kier alpha value is -1.28. The van der Waals surface area contributed by atoms with E-state index in [1.807, 2.05) is 0 Å². The second-order valence-corrected chi connectivity index (χ2v) is 6.26. The number of aryl methyl sites for hydroxylation is 2. The highest BCUT2D eigenvalue weighted by Gasteiger charge is 2.18. The summed E-state index contributed by atoms with van der Waals surface area (Å²) in [5.41, 5.74) is 5.19. The third kappa shape index (κ3) is 3.32. The monoisotopic (exact) mass is 287 g/mol. The second kappa shape index (κ2) is 7.13. The lowest BCUT2D eigenvalue weighted by molar-refractivity contribution is 0.503. The summed E-state index contributed by atoms with van der Waals surface area (Å²) in [6.07, 6.45) is 3.40. The Morgan fingerprint density at radius 2 is 1.90 bits per heavy atom. The van der Waals surface area contributed by atoms with Crippen LogP contribution in [-0.4, -0.2) is 6.54 Å². The molecule has 0 spiro atoms. The van der Waals surface area contributed by atoms with Gasteiger partial charge in [0.05, 0.1) is 6.54 Å². The van der Waals surface area contributed by atoms with Crippen LogP contribution < -0.4 is 5.32 Å². The predicted molar refractivity (Wildman–Crippen MR) is 91.0 cm³/mol. The molecule has 0 saturated heterocycles. The van der Waals surface area contributed by atoms with Crippen molar-refractivity contribution in [2.75, 3.05) is 6.54 Å². The van der Waals surface area contributed by atoms with Crippen LogP contribution in [-0.2, 0) is 13.0 Å². The minimum atomic E-state index is 0.491. The van der Waals surface area contributed by atoms with Crippen LogP contribution in [0, 0.1) is 6.92 Å². The van der Waals surface area contributed by atoms with Gasteiger partial charge in [-0.15, -0.1) is 0 Å². The average molecular weight is 287 g/mol. The molecule has 0 amide bonds. The van der Waals surface area contributed by atoms with E-state index in [2.05, 4.69) is 52.1 Å². The van der Waals surface area contributed by atoms with Gasteiger partial charge in [-0.25, -0.2) is 0 Å². The molecule has 1 N–H and O–H groups in total. The summed E-state index contributed by atoms with van der Waals surface area (Å²) in [5, 5.41) is 4.84. The van der Waals surface area contributed by atoms with Gasteiger partial charge in [-0.05, 0) is 43.4 Å². The van der Waals surface area contributed by atoms with Crippen molar-refractivity contribution < 1.29 is 4.42 Å². The zero-order chi connectivity index (χ0) is 15.4. The first-order chi connectivity index (χ1) is 10.1. The van der Waals surface area contributed by atoms with Crippen molar-refractivity contribution in [2.45, 2.75) is 66.3 Å². The van der Waals surface area contributed by atoms with Crippen molar-refractivity contribution in [3.63, 3.8) is 0 Å². The van der Waals surface area contributed by atoms with Gasteiger partial charge in [-0.3, -0.25) is 0 Å². The molecular formula is C19H29NO. The van der Waals surface area contributed by atoms with E-state index in [0.29, 0.717) is 5.92 Å². The van der Waals surface area contributed by atoms with Crippen molar-refractivity contribution >= 4 is 11.0 Å². The number of fused-ring (bicyclic) bond motifs is 1. The highest BCUT2D eigenvalue weighted by molar-refractivity contribution is 5.88. The summed E-state index contributed by atoms with van der Waals surface area (Å²) >= 11 is 0. The van der Waals surface area contributed by atoms with Crippen LogP contribution in [0.2, 0.25) is 0 Å². The summed E-state index contributed by atoms with van der Waals surface area (Å²) in [5.74, 6) is 1.63. The summed E-state index contributed by atoms with van der Waals surface area (Å²) in [7, 11) is 0. The minimum Gasteiger partial charge on any atom is -0.459 e. The maximum Gasteiger partial charge on any atom is 0.138 e. The van der Waals surface area contributed by atoms with Gasteiger partial charge in [0.15, 0.2) is 0 Å². The number of furan rings is 1. The van der Waals surface area contributed by atoms with Crippen LogP contribution in [0.1, 0.15) is 68.9 Å². The Kier molecular flexibility index (Phi) is 5.46. The van der Waals surface area contributed by atoms with Gasteiger partial charge < -0.3 is 9.73 Å². The first kappa shape index (κ1) is 16.1. The summed E-state index contributed by atoms with van der Waals surface area (Å²) in [6.45, 7) is 13.0. The van der Waals surface area contributed by atoms with Crippen LogP contribution in [0.15, 0.2) is 16.5 Å². The van der Waals surface area contributed by atoms with E-state index in [9.17, 15) is 0 Å². The third-order valence-electron chi connectivity index (χ3n) is 4.09. The molecule has 0 fully saturated rings. The Morgan fingerprint density at radius 1 is 1.14 bits per heavy atom. The van der Waals surface area contributed by atoms with Crippen molar-refractivity contribution in [1.29, 1.82) is 0 Å². The normalized spacial score (nSPS) is 11.7. The van der Waals surface area contributed by atoms with Gasteiger partial charge in [0.25, 0.3) is 0 Å². The largest absolute Gasteiger partial charge is 0.459 e. The molecule has 0 atom stereocenters. The molecule has 0 aliphatic carbocycles. The maximum atomic E-state index is 6.31. The van der Waals surface area contributed by atoms with Gasteiger partial charge in [0, 0.05) is 10.9 Å². The first-order valence-electron chi connectivity index (χ1n) is 8.34. The summed E-state index contributed by atoms with van der Waals surface area (Å²) in [4.78, 5) is 0. The first-order valence-corrected chi connectivity index (χ1v) is 8.34. The predicted octanol–water partition coefficient (Wildman–Crippen LogP) is 5.32. The van der Waals surface area contributed by atoms with Crippen LogP contribution in [0.25, 0.3) is 11.0 Å². The number of hydrogen-bond acceptors (Lipinski definition) is 2. The van der Waals surface area contributed by atoms with E-state index in [4.69, 9.17) is 4.42 Å². The van der Waals surface area contributed by atoms with Gasteiger partial charge in [-0.1, -0.05) is 46.2 Å². The van der Waals surface area contributed by atoms with E-state index in [1.54, 1.807) is 0 Å². The number of hydrogen-bond donors (Lipinski definition) is 1. The Balaban J connectivity index is 2.54. The fourth-order valence-electron chi connectivity index (χ4n) is 3.00. The van der Waals surface area contributed by atoms with Gasteiger partial charge in [-0.2, -0.15) is 0 Å². The number of nitrogens with one attached hydrogen (secondary N) is 1. The number of benzene rings is 1. The molecule has 0 saturated carbocycles. The summed E-state index contributed by atoms with van der Waals surface area (Å²) < 4.78 is 6.31. The number of rotatable bonds is 7. The zero-order valence-electron chi connectivity index (χ0n) is 14.2. The Bertz CT molecular complexity index is 595. The van der Waals surface area contributed by atoms with E-state index in [1.165, 1.54) is 22.1 Å². The molecule has 0 bridgehead atoms. The zero-order valence-corrected chi connectivity index (χ0v) is 14.2. The van der Waals surface area contributed by atoms with Crippen molar-refractivity contribution in [1.82, 2.24) is 5.32 Å². The maximum absolute atomic E-state index is 6.31.